The van der Waals surface area contributed by atoms with Crippen molar-refractivity contribution in [3.63, 3.8) is 0 Å². The molecule has 0 unspecified atom stereocenters. The van der Waals surface area contributed by atoms with Gasteiger partial charge in [-0.15, -0.1) is 0 Å². The van der Waals surface area contributed by atoms with Crippen molar-refractivity contribution in [3.05, 3.63) is 53.6 Å². The zero-order valence-electron chi connectivity index (χ0n) is 15.0. The lowest BCUT2D eigenvalue weighted by Crippen LogP contribution is -2.13. The summed E-state index contributed by atoms with van der Waals surface area (Å²) in [5.41, 5.74) is 2.38. The molecule has 0 saturated heterocycles. The molecular formula is C20H27NO3. The maximum absolute atomic E-state index is 5.91. The summed E-state index contributed by atoms with van der Waals surface area (Å²) in [6.07, 6.45) is 0. The van der Waals surface area contributed by atoms with E-state index in [4.69, 9.17) is 14.2 Å². The Morgan fingerprint density at radius 1 is 0.958 bits per heavy atom. The fraction of sp³-hybridized carbons (Fsp3) is 0.400. The summed E-state index contributed by atoms with van der Waals surface area (Å²) >= 11 is 0. The molecule has 0 saturated carbocycles. The molecule has 0 bridgehead atoms. The van der Waals surface area contributed by atoms with Gasteiger partial charge in [0.2, 0.25) is 0 Å². The van der Waals surface area contributed by atoms with Gasteiger partial charge in [-0.25, -0.2) is 0 Å². The molecule has 4 heteroatoms. The third-order valence-corrected chi connectivity index (χ3v) is 3.79. The first kappa shape index (κ1) is 18.1. The number of ether oxygens (including phenoxy) is 3. The molecule has 0 spiro atoms. The summed E-state index contributed by atoms with van der Waals surface area (Å²) in [6, 6.07) is 14.1. The van der Waals surface area contributed by atoms with Crippen molar-refractivity contribution in [3.8, 4) is 17.2 Å². The van der Waals surface area contributed by atoms with Crippen molar-refractivity contribution in [1.82, 2.24) is 5.32 Å². The van der Waals surface area contributed by atoms with Crippen molar-refractivity contribution in [2.75, 3.05) is 27.4 Å². The van der Waals surface area contributed by atoms with E-state index in [-0.39, 0.29) is 0 Å². The first-order valence-corrected chi connectivity index (χ1v) is 8.31. The van der Waals surface area contributed by atoms with Gasteiger partial charge in [0.15, 0.2) is 11.5 Å². The zero-order valence-corrected chi connectivity index (χ0v) is 15.0. The van der Waals surface area contributed by atoms with Crippen LogP contribution in [0.1, 0.15) is 30.9 Å². The summed E-state index contributed by atoms with van der Waals surface area (Å²) in [5.74, 6) is 2.90. The van der Waals surface area contributed by atoms with Gasteiger partial charge in [-0.3, -0.25) is 0 Å². The summed E-state index contributed by atoms with van der Waals surface area (Å²) in [5, 5.41) is 3.14. The highest BCUT2D eigenvalue weighted by Crippen LogP contribution is 2.31. The highest BCUT2D eigenvalue weighted by atomic mass is 16.5. The normalized spacial score (nSPS) is 10.7. The Hall–Kier alpha value is -2.20. The van der Waals surface area contributed by atoms with Gasteiger partial charge in [0.05, 0.1) is 7.11 Å². The maximum atomic E-state index is 5.91. The van der Waals surface area contributed by atoms with E-state index in [1.807, 2.05) is 37.4 Å². The second-order valence-electron chi connectivity index (χ2n) is 5.90. The van der Waals surface area contributed by atoms with Gasteiger partial charge >= 0.3 is 0 Å². The fourth-order valence-electron chi connectivity index (χ4n) is 2.47. The average Bonchev–Trinajstić information content (AvgIpc) is 2.60. The van der Waals surface area contributed by atoms with Gasteiger partial charge in [-0.05, 0) is 36.7 Å². The molecular weight excluding hydrogens is 302 g/mol. The number of para-hydroxylation sites is 1. The number of benzene rings is 2. The Morgan fingerprint density at radius 3 is 2.29 bits per heavy atom. The van der Waals surface area contributed by atoms with E-state index in [0.29, 0.717) is 19.1 Å². The molecule has 0 fully saturated rings. The Bertz CT molecular complexity index is 623. The maximum Gasteiger partial charge on any atom is 0.165 e. The molecule has 0 radical (unpaired) electrons. The molecule has 2 aromatic carbocycles. The molecule has 130 valence electrons. The number of hydrogen-bond donors (Lipinski definition) is 1. The average molecular weight is 329 g/mol. The van der Waals surface area contributed by atoms with Crippen molar-refractivity contribution in [2.24, 2.45) is 0 Å². The summed E-state index contributed by atoms with van der Waals surface area (Å²) in [7, 11) is 3.56. The van der Waals surface area contributed by atoms with E-state index >= 15 is 0 Å². The third kappa shape index (κ3) is 4.90. The van der Waals surface area contributed by atoms with Crippen LogP contribution < -0.4 is 19.5 Å². The quantitative estimate of drug-likeness (QED) is 0.706. The molecule has 1 N–H and O–H groups in total. The van der Waals surface area contributed by atoms with Crippen LogP contribution in [0.5, 0.6) is 17.2 Å². The van der Waals surface area contributed by atoms with Gasteiger partial charge in [-0.1, -0.05) is 38.1 Å². The highest BCUT2D eigenvalue weighted by molar-refractivity contribution is 5.46. The first-order valence-electron chi connectivity index (χ1n) is 8.31. The minimum Gasteiger partial charge on any atom is -0.493 e. The van der Waals surface area contributed by atoms with Gasteiger partial charge in [-0.2, -0.15) is 0 Å². The SMILES string of the molecule is CNCc1cccc(OC)c1OCCOc1ccc(C(C)C)cc1. The van der Waals surface area contributed by atoms with Crippen LogP contribution in [0.4, 0.5) is 0 Å². The van der Waals surface area contributed by atoms with Crippen molar-refractivity contribution < 1.29 is 14.2 Å². The van der Waals surface area contributed by atoms with Crippen LogP contribution >= 0.6 is 0 Å². The van der Waals surface area contributed by atoms with E-state index in [1.165, 1.54) is 5.56 Å². The summed E-state index contributed by atoms with van der Waals surface area (Å²) in [4.78, 5) is 0. The molecule has 2 rings (SSSR count). The van der Waals surface area contributed by atoms with Crippen molar-refractivity contribution >= 4 is 0 Å². The van der Waals surface area contributed by atoms with Crippen LogP contribution in [0.25, 0.3) is 0 Å². The van der Waals surface area contributed by atoms with Gasteiger partial charge < -0.3 is 19.5 Å². The van der Waals surface area contributed by atoms with Gasteiger partial charge in [0, 0.05) is 12.1 Å². The Morgan fingerprint density at radius 2 is 1.67 bits per heavy atom. The van der Waals surface area contributed by atoms with Crippen LogP contribution in [-0.4, -0.2) is 27.4 Å². The molecule has 0 aliphatic rings. The number of nitrogens with one attached hydrogen (secondary N) is 1. The van der Waals surface area contributed by atoms with E-state index in [0.717, 1.165) is 29.4 Å². The van der Waals surface area contributed by atoms with Crippen LogP contribution in [0.15, 0.2) is 42.5 Å². The molecule has 0 amide bonds. The molecule has 0 aliphatic carbocycles. The Balaban J connectivity index is 1.90. The summed E-state index contributed by atoms with van der Waals surface area (Å²) < 4.78 is 17.0. The molecule has 0 aliphatic heterocycles. The Labute approximate surface area is 144 Å². The number of rotatable bonds is 9. The topological polar surface area (TPSA) is 39.7 Å². The first-order chi connectivity index (χ1) is 11.7. The third-order valence-electron chi connectivity index (χ3n) is 3.79. The van der Waals surface area contributed by atoms with Gasteiger partial charge in [0.1, 0.15) is 19.0 Å². The van der Waals surface area contributed by atoms with E-state index in [1.54, 1.807) is 7.11 Å². The van der Waals surface area contributed by atoms with Crippen molar-refractivity contribution in [1.29, 1.82) is 0 Å². The standard InChI is InChI=1S/C20H27NO3/c1-15(2)16-8-10-18(11-9-16)23-12-13-24-20-17(14-21-3)6-5-7-19(20)22-4/h5-11,15,21H,12-14H2,1-4H3. The monoisotopic (exact) mass is 329 g/mol. The molecule has 0 aromatic heterocycles. The molecule has 0 atom stereocenters. The van der Waals surface area contributed by atoms with E-state index in [2.05, 4.69) is 31.3 Å². The molecule has 24 heavy (non-hydrogen) atoms. The van der Waals surface area contributed by atoms with Gasteiger partial charge in [0.25, 0.3) is 0 Å². The zero-order chi connectivity index (χ0) is 17.4. The predicted octanol–water partition coefficient (Wildman–Crippen LogP) is 4.00. The lowest BCUT2D eigenvalue weighted by Gasteiger charge is -2.15. The molecule has 2 aromatic rings. The van der Waals surface area contributed by atoms with Crippen LogP contribution in [0, 0.1) is 0 Å². The molecule has 0 heterocycles. The second-order valence-corrected chi connectivity index (χ2v) is 5.90. The van der Waals surface area contributed by atoms with Crippen LogP contribution in [-0.2, 0) is 6.54 Å². The van der Waals surface area contributed by atoms with E-state index in [9.17, 15) is 0 Å². The molecule has 4 nitrogen and oxygen atoms in total. The van der Waals surface area contributed by atoms with Crippen LogP contribution in [0.2, 0.25) is 0 Å². The largest absolute Gasteiger partial charge is 0.493 e. The number of methoxy groups -OCH3 is 1. The number of hydrogen-bond acceptors (Lipinski definition) is 4. The fourth-order valence-corrected chi connectivity index (χ4v) is 2.47. The predicted molar refractivity (Wildman–Crippen MR) is 97.3 cm³/mol. The van der Waals surface area contributed by atoms with Crippen molar-refractivity contribution in [2.45, 2.75) is 26.3 Å². The highest BCUT2D eigenvalue weighted by Gasteiger charge is 2.10. The lowest BCUT2D eigenvalue weighted by atomic mass is 10.0. The van der Waals surface area contributed by atoms with Crippen LogP contribution in [0.3, 0.4) is 0 Å². The minimum atomic E-state index is 0.461. The minimum absolute atomic E-state index is 0.461. The Kier molecular flexibility index (Phi) is 6.94. The smallest absolute Gasteiger partial charge is 0.165 e. The summed E-state index contributed by atoms with van der Waals surface area (Å²) in [6.45, 7) is 6.03. The second kappa shape index (κ2) is 9.18. The van der Waals surface area contributed by atoms with E-state index < -0.39 is 0 Å². The lowest BCUT2D eigenvalue weighted by molar-refractivity contribution is 0.209.